The average molecular weight is 958 g/mol. The van der Waals surface area contributed by atoms with Crippen molar-refractivity contribution < 1.29 is 33.8 Å². The number of fused-ring (bicyclic) bond motifs is 7. The van der Waals surface area contributed by atoms with Gasteiger partial charge in [-0.3, -0.25) is 24.4 Å². The fraction of sp³-hybridized carbons (Fsp3) is 0.462. The van der Waals surface area contributed by atoms with Crippen LogP contribution in [-0.2, 0) is 54.6 Å². The van der Waals surface area contributed by atoms with E-state index in [2.05, 4.69) is 59.3 Å². The number of nitrogens with zero attached hydrogens (tertiary/aromatic N) is 6. The number of nitrogens with one attached hydrogen (secondary N) is 2. The number of aryl methyl sites for hydroxylation is 1. The van der Waals surface area contributed by atoms with Crippen molar-refractivity contribution in [1.29, 1.82) is 0 Å². The van der Waals surface area contributed by atoms with E-state index < -0.39 is 52.8 Å². The number of ether oxygens (including phenoxy) is 2. The van der Waals surface area contributed by atoms with E-state index in [0.29, 0.717) is 43.7 Å². The van der Waals surface area contributed by atoms with Crippen molar-refractivity contribution in [2.45, 2.75) is 110 Å². The average Bonchev–Trinajstić information content (AvgIpc) is 3.92. The number of esters is 1. The van der Waals surface area contributed by atoms with Gasteiger partial charge in [-0.15, -0.1) is 0 Å². The minimum Gasteiger partial charge on any atom is -0.508 e. The molecular weight excluding hydrogens is 895 g/mol. The highest BCUT2D eigenvalue weighted by atomic mass is 32.2. The van der Waals surface area contributed by atoms with Crippen molar-refractivity contribution in [3.63, 3.8) is 0 Å². The van der Waals surface area contributed by atoms with Crippen LogP contribution in [-0.4, -0.2) is 103 Å². The third-order valence-electron chi connectivity index (χ3n) is 14.3. The van der Waals surface area contributed by atoms with Gasteiger partial charge in [0.05, 0.1) is 36.1 Å². The molecule has 17 heteroatoms. The molecule has 1 saturated heterocycles. The number of methoxy groups -OCH3 is 1. The van der Waals surface area contributed by atoms with Gasteiger partial charge in [-0.1, -0.05) is 51.6 Å². The van der Waals surface area contributed by atoms with Crippen molar-refractivity contribution in [2.24, 2.45) is 23.0 Å². The molecule has 9 rings (SSSR count). The summed E-state index contributed by atoms with van der Waals surface area (Å²) in [6.45, 7) is 13.3. The number of phenols is 1. The van der Waals surface area contributed by atoms with Crippen molar-refractivity contribution in [2.75, 3.05) is 27.3 Å². The summed E-state index contributed by atoms with van der Waals surface area (Å²) < 4.78 is 16.4. The maximum atomic E-state index is 15.1. The lowest BCUT2D eigenvalue weighted by atomic mass is 9.83. The molecule has 4 aliphatic rings. The van der Waals surface area contributed by atoms with Crippen LogP contribution in [0.4, 0.5) is 0 Å². The zero-order chi connectivity index (χ0) is 49.1. The highest BCUT2D eigenvalue weighted by molar-refractivity contribution is 8.12. The van der Waals surface area contributed by atoms with Crippen LogP contribution in [0, 0.1) is 17.3 Å². The molecule has 6 atom stereocenters. The van der Waals surface area contributed by atoms with E-state index in [4.69, 9.17) is 20.2 Å². The number of carbonyl (C=O) groups is 4. The van der Waals surface area contributed by atoms with E-state index in [1.165, 1.54) is 21.7 Å². The minimum atomic E-state index is -1.33. The summed E-state index contributed by atoms with van der Waals surface area (Å²) in [5.41, 5.74) is 14.9. The number of imidazole rings is 1. The first-order valence-corrected chi connectivity index (χ1v) is 24.8. The molecule has 364 valence electrons. The molecule has 7 heterocycles. The molecule has 5 N–H and O–H groups in total. The summed E-state index contributed by atoms with van der Waals surface area (Å²) in [6, 6.07) is 12.7. The monoisotopic (exact) mass is 957 g/mol. The summed E-state index contributed by atoms with van der Waals surface area (Å²) in [4.78, 5) is 70.0. The summed E-state index contributed by atoms with van der Waals surface area (Å²) in [5.74, 6) is -2.18. The number of cyclic esters (lactones) is 1. The predicted octanol–water partition coefficient (Wildman–Crippen LogP) is 6.42. The van der Waals surface area contributed by atoms with Crippen LogP contribution in [0.5, 0.6) is 5.75 Å². The molecular formula is C52H63N9O7S. The maximum absolute atomic E-state index is 15.1. The summed E-state index contributed by atoms with van der Waals surface area (Å²) in [6.07, 6.45) is 6.31. The first-order chi connectivity index (χ1) is 32.9. The third-order valence-corrected chi connectivity index (χ3v) is 15.1. The molecule has 0 saturated carbocycles. The van der Waals surface area contributed by atoms with Crippen LogP contribution in [0.15, 0.2) is 77.4 Å². The fourth-order valence-corrected chi connectivity index (χ4v) is 11.4. The number of thioether (sulfide) groups is 1. The zero-order valence-corrected chi connectivity index (χ0v) is 41.4. The number of carbonyl (C=O) groups excluding carboxylic acids is 4. The van der Waals surface area contributed by atoms with E-state index >= 15 is 4.79 Å². The van der Waals surface area contributed by atoms with Gasteiger partial charge < -0.3 is 39.7 Å². The Hall–Kier alpha value is -6.01. The first-order valence-electron chi connectivity index (χ1n) is 23.9. The second kappa shape index (κ2) is 18.7. The fourth-order valence-electron chi connectivity index (χ4n) is 10.7. The van der Waals surface area contributed by atoms with Gasteiger partial charge in [0, 0.05) is 85.6 Å². The van der Waals surface area contributed by atoms with Crippen LogP contribution in [0.1, 0.15) is 89.2 Å². The zero-order valence-electron chi connectivity index (χ0n) is 40.6. The highest BCUT2D eigenvalue weighted by Crippen LogP contribution is 2.48. The van der Waals surface area contributed by atoms with Gasteiger partial charge in [-0.05, 0) is 103 Å². The number of benzene rings is 2. The van der Waals surface area contributed by atoms with Gasteiger partial charge in [-0.25, -0.2) is 15.2 Å². The Balaban J connectivity index is 1.15. The van der Waals surface area contributed by atoms with Gasteiger partial charge >= 0.3 is 5.97 Å². The molecule has 4 aliphatic heterocycles. The molecule has 0 unspecified atom stereocenters. The van der Waals surface area contributed by atoms with Gasteiger partial charge in [0.15, 0.2) is 5.54 Å². The van der Waals surface area contributed by atoms with Crippen molar-refractivity contribution in [1.82, 2.24) is 39.8 Å². The quantitative estimate of drug-likeness (QED) is 0.112. The van der Waals surface area contributed by atoms with Gasteiger partial charge in [0.25, 0.3) is 5.91 Å². The second-order valence-corrected chi connectivity index (χ2v) is 21.0. The lowest BCUT2D eigenvalue weighted by Gasteiger charge is -2.42. The number of amides is 3. The largest absolute Gasteiger partial charge is 0.508 e. The Kier molecular flexibility index (Phi) is 13.0. The lowest BCUT2D eigenvalue weighted by molar-refractivity contribution is -0.160. The summed E-state index contributed by atoms with van der Waals surface area (Å²) in [7, 11) is 3.27. The van der Waals surface area contributed by atoms with Crippen LogP contribution in [0.3, 0.4) is 0 Å². The van der Waals surface area contributed by atoms with Gasteiger partial charge in [-0.2, -0.15) is 0 Å². The molecule has 1 fully saturated rings. The molecule has 0 radical (unpaired) electrons. The standard InChI is InChI=1S/C52H63N9O7S/c1-9-60-40-14-13-32-24-36(40)37(45(60)35-12-10-16-54-43(35)30(4)67-8)25-51(5,6)28-68-50(66)52(41-27-69-41)15-11-18-61(57-52)49(65)39(22-31-20-33(32)23-34(62)21-31)56-47(63)44(29(2)3)58(7)48(64)38-26-59-19-17-55-46(59)42(38)53/h10,12-14,16-17,19-21,23-24,27,29-30,38-39,42,44,57,62H,9,11,15,18,22,25-26,28,53H2,1-8H3,(H,56,63)/t30-,38-,39-,42-,44-,52-/m0/s1. The number of hydrazine groups is 1. The Bertz CT molecular complexity index is 2870. The molecule has 5 aromatic rings. The SMILES string of the molecule is CCn1c(-c2cccnc2[C@H](C)OC)c2c3cc(ccc31)-c1cc(O)cc(c1)C[C@H](NC(=O)[C@H](C(C)C)N(C)C(=O)[C@H]1Cn3ccnc3[C@H]1N)C(=O)N1CCC[C@@](C3=CS3)(N1)C(=O)OCC(C)(C)C2. The van der Waals surface area contributed by atoms with Crippen molar-refractivity contribution in [3.8, 4) is 28.1 Å². The second-order valence-electron chi connectivity index (χ2n) is 20.1. The number of rotatable bonds is 10. The molecule has 16 nitrogen and oxygen atoms in total. The number of nitrogens with two attached hydrogens (primary N) is 1. The summed E-state index contributed by atoms with van der Waals surface area (Å²) in [5, 5.41) is 18.8. The number of hydrogen-bond acceptors (Lipinski definition) is 12. The van der Waals surface area contributed by atoms with Crippen LogP contribution in [0.2, 0.25) is 0 Å². The van der Waals surface area contributed by atoms with Crippen molar-refractivity contribution >= 4 is 46.4 Å². The van der Waals surface area contributed by atoms with E-state index in [9.17, 15) is 19.5 Å². The van der Waals surface area contributed by atoms with Gasteiger partial charge in [0.2, 0.25) is 11.8 Å². The molecule has 6 bridgehead atoms. The Morgan fingerprint density at radius 1 is 1.10 bits per heavy atom. The number of likely N-dealkylation sites (N-methyl/N-ethyl adjacent to an activating group) is 1. The third kappa shape index (κ3) is 8.94. The Morgan fingerprint density at radius 2 is 1.88 bits per heavy atom. The number of hydrogen-bond donors (Lipinski definition) is 4. The topological polar surface area (TPSA) is 199 Å². The lowest BCUT2D eigenvalue weighted by Crippen LogP contribution is -2.67. The minimum absolute atomic E-state index is 0.00921. The molecule has 0 spiro atoms. The van der Waals surface area contributed by atoms with E-state index in [-0.39, 0.29) is 43.3 Å². The normalized spacial score (nSPS) is 23.2. The number of aromatic nitrogens is 4. The van der Waals surface area contributed by atoms with E-state index in [1.54, 1.807) is 44.9 Å². The van der Waals surface area contributed by atoms with E-state index in [1.807, 2.05) is 48.9 Å². The number of aromatic hydroxyl groups is 1. The Morgan fingerprint density at radius 3 is 2.59 bits per heavy atom. The van der Waals surface area contributed by atoms with E-state index in [0.717, 1.165) is 49.4 Å². The van der Waals surface area contributed by atoms with Crippen LogP contribution < -0.4 is 16.5 Å². The maximum Gasteiger partial charge on any atom is 0.333 e. The first kappa shape index (κ1) is 48.0. The van der Waals surface area contributed by atoms with Crippen LogP contribution >= 0.6 is 11.8 Å². The summed E-state index contributed by atoms with van der Waals surface area (Å²) >= 11 is 1.43. The van der Waals surface area contributed by atoms with Crippen LogP contribution in [0.25, 0.3) is 33.3 Å². The molecule has 3 aromatic heterocycles. The highest BCUT2D eigenvalue weighted by Gasteiger charge is 2.52. The number of pyridine rings is 1. The number of phenolic OH excluding ortho intramolecular Hbond substituents is 1. The molecule has 3 amide bonds. The Labute approximate surface area is 407 Å². The van der Waals surface area contributed by atoms with Gasteiger partial charge in [0.1, 0.15) is 23.7 Å². The molecule has 2 aromatic carbocycles. The molecule has 69 heavy (non-hydrogen) atoms. The smallest absolute Gasteiger partial charge is 0.333 e. The molecule has 0 aliphatic carbocycles. The van der Waals surface area contributed by atoms with Crippen molar-refractivity contribution in [3.05, 3.63) is 100 Å². The predicted molar refractivity (Wildman–Crippen MR) is 264 cm³/mol.